The highest BCUT2D eigenvalue weighted by Gasteiger charge is 2.40. The van der Waals surface area contributed by atoms with E-state index in [1.807, 2.05) is 0 Å². The maximum absolute atomic E-state index is 12.6. The summed E-state index contributed by atoms with van der Waals surface area (Å²) in [7, 11) is 0. The lowest BCUT2D eigenvalue weighted by Gasteiger charge is -2.50. The lowest BCUT2D eigenvalue weighted by molar-refractivity contribution is -0.143. The Morgan fingerprint density at radius 1 is 1.19 bits per heavy atom. The van der Waals surface area contributed by atoms with Crippen LogP contribution in [0.15, 0.2) is 0 Å². The molecule has 0 radical (unpaired) electrons. The second kappa shape index (κ2) is 6.86. The fraction of sp³-hybridized carbons (Fsp3) is 1.00. The third-order valence-electron chi connectivity index (χ3n) is 5.57. The van der Waals surface area contributed by atoms with Gasteiger partial charge in [-0.15, -0.1) is 0 Å². The van der Waals surface area contributed by atoms with Crippen molar-refractivity contribution >= 4 is 0 Å². The van der Waals surface area contributed by atoms with E-state index in [0.29, 0.717) is 12.0 Å². The lowest BCUT2D eigenvalue weighted by Crippen LogP contribution is -2.65. The van der Waals surface area contributed by atoms with Crippen LogP contribution in [0.3, 0.4) is 0 Å². The molecule has 2 aliphatic rings. The summed E-state index contributed by atoms with van der Waals surface area (Å²) in [5.41, 5.74) is -0.142. The van der Waals surface area contributed by atoms with Gasteiger partial charge in [-0.2, -0.15) is 13.2 Å². The van der Waals surface area contributed by atoms with Crippen molar-refractivity contribution in [2.24, 2.45) is 5.92 Å². The Bertz CT molecular complexity index is 326. The van der Waals surface area contributed by atoms with Crippen molar-refractivity contribution in [2.75, 3.05) is 19.6 Å². The van der Waals surface area contributed by atoms with Gasteiger partial charge in [0.05, 0.1) is 6.42 Å². The van der Waals surface area contributed by atoms with Gasteiger partial charge < -0.3 is 5.32 Å². The standard InChI is InChI=1S/C16H29F3N2/c1-3-15(2)12-20-14(13-7-5-4-6-8-13)11-21(15)10-9-16(17,18)19/h13-14,20H,3-12H2,1-2H3. The molecule has 2 fully saturated rings. The molecule has 1 aliphatic carbocycles. The van der Waals surface area contributed by atoms with Crippen LogP contribution < -0.4 is 5.32 Å². The van der Waals surface area contributed by atoms with Crippen molar-refractivity contribution in [3.05, 3.63) is 0 Å². The van der Waals surface area contributed by atoms with Crippen LogP contribution in [0.4, 0.5) is 13.2 Å². The summed E-state index contributed by atoms with van der Waals surface area (Å²) in [6.07, 6.45) is 2.46. The summed E-state index contributed by atoms with van der Waals surface area (Å²) in [6, 6.07) is 0.373. The minimum Gasteiger partial charge on any atom is -0.311 e. The first-order valence-corrected chi connectivity index (χ1v) is 8.39. The van der Waals surface area contributed by atoms with Crippen molar-refractivity contribution in [2.45, 2.75) is 76.6 Å². The zero-order valence-corrected chi connectivity index (χ0v) is 13.3. The number of nitrogens with one attached hydrogen (secondary N) is 1. The molecule has 0 aromatic heterocycles. The molecule has 1 saturated carbocycles. The molecule has 1 N–H and O–H groups in total. The van der Waals surface area contributed by atoms with Gasteiger partial charge in [0.25, 0.3) is 0 Å². The van der Waals surface area contributed by atoms with E-state index in [2.05, 4.69) is 24.1 Å². The molecule has 0 amide bonds. The first-order valence-electron chi connectivity index (χ1n) is 8.39. The van der Waals surface area contributed by atoms with E-state index in [-0.39, 0.29) is 12.1 Å². The Morgan fingerprint density at radius 3 is 2.43 bits per heavy atom. The van der Waals surface area contributed by atoms with Crippen LogP contribution in [0.2, 0.25) is 0 Å². The smallest absolute Gasteiger partial charge is 0.311 e. The zero-order valence-electron chi connectivity index (χ0n) is 13.3. The average Bonchev–Trinajstić information content (AvgIpc) is 2.46. The van der Waals surface area contributed by atoms with Crippen LogP contribution in [-0.4, -0.2) is 42.3 Å². The largest absolute Gasteiger partial charge is 0.390 e. The Kier molecular flexibility index (Phi) is 5.58. The highest BCUT2D eigenvalue weighted by molar-refractivity contribution is 4.97. The molecule has 5 heteroatoms. The Hall–Kier alpha value is -0.290. The molecule has 0 aromatic rings. The molecule has 2 atom stereocenters. The van der Waals surface area contributed by atoms with Crippen LogP contribution in [-0.2, 0) is 0 Å². The summed E-state index contributed by atoms with van der Waals surface area (Å²) < 4.78 is 37.7. The topological polar surface area (TPSA) is 15.3 Å². The highest BCUT2D eigenvalue weighted by atomic mass is 19.4. The lowest BCUT2D eigenvalue weighted by atomic mass is 9.81. The molecular weight excluding hydrogens is 277 g/mol. The Morgan fingerprint density at radius 2 is 1.86 bits per heavy atom. The van der Waals surface area contributed by atoms with Crippen LogP contribution >= 0.6 is 0 Å². The number of piperazine rings is 1. The molecule has 1 heterocycles. The molecule has 2 rings (SSSR count). The van der Waals surface area contributed by atoms with Crippen LogP contribution in [0.5, 0.6) is 0 Å². The summed E-state index contributed by atoms with van der Waals surface area (Å²) >= 11 is 0. The highest BCUT2D eigenvalue weighted by Crippen LogP contribution is 2.32. The first kappa shape index (κ1) is 17.1. The van der Waals surface area contributed by atoms with Gasteiger partial charge in [0.1, 0.15) is 0 Å². The minimum absolute atomic E-state index is 0.138. The number of halogens is 3. The number of rotatable bonds is 4. The normalized spacial score (nSPS) is 33.3. The predicted molar refractivity (Wildman–Crippen MR) is 79.3 cm³/mol. The second-order valence-corrected chi connectivity index (χ2v) is 7.05. The van der Waals surface area contributed by atoms with Crippen LogP contribution in [0.25, 0.3) is 0 Å². The summed E-state index contributed by atoms with van der Waals surface area (Å²) in [5.74, 6) is 0.647. The quantitative estimate of drug-likeness (QED) is 0.845. The van der Waals surface area contributed by atoms with E-state index in [4.69, 9.17) is 0 Å². The average molecular weight is 306 g/mol. The number of hydrogen-bond acceptors (Lipinski definition) is 2. The molecule has 2 unspecified atom stereocenters. The fourth-order valence-electron chi connectivity index (χ4n) is 3.81. The van der Waals surface area contributed by atoms with Crippen molar-refractivity contribution in [3.63, 3.8) is 0 Å². The minimum atomic E-state index is -4.06. The van der Waals surface area contributed by atoms with Crippen molar-refractivity contribution in [3.8, 4) is 0 Å². The molecule has 124 valence electrons. The summed E-state index contributed by atoms with van der Waals surface area (Å²) in [4.78, 5) is 2.09. The monoisotopic (exact) mass is 306 g/mol. The van der Waals surface area contributed by atoms with Gasteiger partial charge in [0.15, 0.2) is 0 Å². The molecule has 0 bridgehead atoms. The van der Waals surface area contributed by atoms with Gasteiger partial charge in [-0.25, -0.2) is 0 Å². The molecular formula is C16H29F3N2. The van der Waals surface area contributed by atoms with Gasteiger partial charge >= 0.3 is 6.18 Å². The van der Waals surface area contributed by atoms with Gasteiger partial charge in [-0.05, 0) is 32.1 Å². The first-order chi connectivity index (χ1) is 9.84. The molecule has 1 saturated heterocycles. The van der Waals surface area contributed by atoms with Crippen LogP contribution in [0, 0.1) is 5.92 Å². The fourth-order valence-corrected chi connectivity index (χ4v) is 3.81. The number of nitrogens with zero attached hydrogens (tertiary/aromatic N) is 1. The van der Waals surface area contributed by atoms with Crippen LogP contribution in [0.1, 0.15) is 58.8 Å². The van der Waals surface area contributed by atoms with E-state index >= 15 is 0 Å². The van der Waals surface area contributed by atoms with E-state index < -0.39 is 12.6 Å². The Labute approximate surface area is 126 Å². The van der Waals surface area contributed by atoms with Gasteiger partial charge in [0.2, 0.25) is 0 Å². The molecule has 0 aromatic carbocycles. The molecule has 1 aliphatic heterocycles. The van der Waals surface area contributed by atoms with Crippen molar-refractivity contribution < 1.29 is 13.2 Å². The summed E-state index contributed by atoms with van der Waals surface area (Å²) in [5, 5.41) is 3.63. The van der Waals surface area contributed by atoms with E-state index in [0.717, 1.165) is 19.5 Å². The van der Waals surface area contributed by atoms with E-state index in [1.165, 1.54) is 32.1 Å². The SMILES string of the molecule is CCC1(C)CNC(C2CCCCC2)CN1CCC(F)(F)F. The maximum Gasteiger partial charge on any atom is 0.390 e. The van der Waals surface area contributed by atoms with Crippen molar-refractivity contribution in [1.29, 1.82) is 0 Å². The number of hydrogen-bond donors (Lipinski definition) is 1. The van der Waals surface area contributed by atoms with Gasteiger partial charge in [-0.1, -0.05) is 26.2 Å². The third kappa shape index (κ3) is 4.59. The zero-order chi connectivity index (χ0) is 15.5. The van der Waals surface area contributed by atoms with Gasteiger partial charge in [-0.3, -0.25) is 4.90 Å². The van der Waals surface area contributed by atoms with E-state index in [1.54, 1.807) is 0 Å². The third-order valence-corrected chi connectivity index (χ3v) is 5.57. The Balaban J connectivity index is 1.97. The second-order valence-electron chi connectivity index (χ2n) is 7.05. The molecule has 0 spiro atoms. The molecule has 21 heavy (non-hydrogen) atoms. The van der Waals surface area contributed by atoms with E-state index in [9.17, 15) is 13.2 Å². The summed E-state index contributed by atoms with van der Waals surface area (Å²) in [6.45, 7) is 5.88. The predicted octanol–water partition coefficient (Wildman–Crippen LogP) is 3.96. The van der Waals surface area contributed by atoms with Gasteiger partial charge in [0, 0.05) is 31.2 Å². The number of alkyl halides is 3. The maximum atomic E-state index is 12.6. The molecule has 2 nitrogen and oxygen atoms in total. The van der Waals surface area contributed by atoms with Crippen molar-refractivity contribution in [1.82, 2.24) is 10.2 Å².